The van der Waals surface area contributed by atoms with Gasteiger partial charge in [0, 0.05) is 16.7 Å². The Balaban J connectivity index is 2.02. The number of aliphatic hydroxyl groups excluding tert-OH is 1. The molecule has 1 aromatic heterocycles. The van der Waals surface area contributed by atoms with Gasteiger partial charge < -0.3 is 9.67 Å². The molecule has 1 heterocycles. The summed E-state index contributed by atoms with van der Waals surface area (Å²) in [6.45, 7) is 2.29. The Morgan fingerprint density at radius 3 is 1.74 bits per heavy atom. The maximum atomic E-state index is 10.2. The molecule has 0 saturated carbocycles. The number of aromatic nitrogens is 2. The van der Waals surface area contributed by atoms with E-state index in [0.717, 1.165) is 33.9 Å². The van der Waals surface area contributed by atoms with Gasteiger partial charge in [-0.3, -0.25) is 0 Å². The first-order chi connectivity index (χ1) is 13.2. The van der Waals surface area contributed by atoms with Crippen LogP contribution < -0.4 is 0 Å². The van der Waals surface area contributed by atoms with Crippen molar-refractivity contribution in [3.63, 3.8) is 0 Å². The second-order valence-corrected chi connectivity index (χ2v) is 6.69. The minimum atomic E-state index is -0.479. The van der Waals surface area contributed by atoms with E-state index in [0.29, 0.717) is 6.54 Å². The van der Waals surface area contributed by atoms with Gasteiger partial charge in [0.05, 0.1) is 24.0 Å². The van der Waals surface area contributed by atoms with Crippen LogP contribution in [0.25, 0.3) is 33.9 Å². The van der Waals surface area contributed by atoms with E-state index in [9.17, 15) is 5.11 Å². The van der Waals surface area contributed by atoms with E-state index in [1.807, 2.05) is 61.5 Å². The van der Waals surface area contributed by atoms with Gasteiger partial charge in [-0.15, -0.1) is 0 Å². The molecule has 3 aromatic carbocycles. The molecule has 4 rings (SSSR count). The predicted molar refractivity (Wildman–Crippen MR) is 110 cm³/mol. The van der Waals surface area contributed by atoms with E-state index in [4.69, 9.17) is 4.98 Å². The van der Waals surface area contributed by atoms with Gasteiger partial charge in [0.25, 0.3) is 0 Å². The van der Waals surface area contributed by atoms with Gasteiger partial charge in [0.2, 0.25) is 0 Å². The fourth-order valence-electron chi connectivity index (χ4n) is 3.39. The summed E-state index contributed by atoms with van der Waals surface area (Å²) >= 11 is 0. The van der Waals surface area contributed by atoms with Gasteiger partial charge in [0.15, 0.2) is 0 Å². The molecule has 3 nitrogen and oxygen atoms in total. The minimum Gasteiger partial charge on any atom is -0.392 e. The van der Waals surface area contributed by atoms with E-state index in [-0.39, 0.29) is 0 Å². The van der Waals surface area contributed by atoms with Crippen LogP contribution in [-0.4, -0.2) is 20.8 Å². The fourth-order valence-corrected chi connectivity index (χ4v) is 3.39. The molecule has 0 amide bonds. The van der Waals surface area contributed by atoms with E-state index in [1.165, 1.54) is 0 Å². The monoisotopic (exact) mass is 354 g/mol. The lowest BCUT2D eigenvalue weighted by atomic mass is 10.0. The number of aliphatic hydroxyl groups is 1. The molecule has 0 radical (unpaired) electrons. The van der Waals surface area contributed by atoms with E-state index in [2.05, 4.69) is 41.0 Å². The van der Waals surface area contributed by atoms with Crippen LogP contribution in [0.5, 0.6) is 0 Å². The normalized spacial score (nSPS) is 12.1. The molecule has 0 aliphatic heterocycles. The number of hydrogen-bond donors (Lipinski definition) is 1. The van der Waals surface area contributed by atoms with Crippen molar-refractivity contribution in [2.45, 2.75) is 19.6 Å². The number of nitrogens with zero attached hydrogens (tertiary/aromatic N) is 2. The van der Waals surface area contributed by atoms with Crippen molar-refractivity contribution in [2.24, 2.45) is 0 Å². The zero-order valence-corrected chi connectivity index (χ0v) is 15.3. The average molecular weight is 354 g/mol. The topological polar surface area (TPSA) is 38.0 Å². The molecule has 0 saturated heterocycles. The summed E-state index contributed by atoms with van der Waals surface area (Å²) in [6, 6.07) is 30.6. The van der Waals surface area contributed by atoms with Gasteiger partial charge in [0.1, 0.15) is 5.82 Å². The molecule has 3 heteroatoms. The van der Waals surface area contributed by atoms with Crippen LogP contribution in [0, 0.1) is 0 Å². The number of rotatable bonds is 5. The van der Waals surface area contributed by atoms with Crippen LogP contribution >= 0.6 is 0 Å². The summed E-state index contributed by atoms with van der Waals surface area (Å²) in [7, 11) is 0. The first-order valence-electron chi connectivity index (χ1n) is 9.19. The van der Waals surface area contributed by atoms with Crippen molar-refractivity contribution in [1.82, 2.24) is 9.55 Å². The minimum absolute atomic E-state index is 0.479. The third kappa shape index (κ3) is 3.55. The number of hydrogen-bond acceptors (Lipinski definition) is 2. The van der Waals surface area contributed by atoms with Crippen LogP contribution in [0.3, 0.4) is 0 Å². The smallest absolute Gasteiger partial charge is 0.141 e. The quantitative estimate of drug-likeness (QED) is 0.530. The van der Waals surface area contributed by atoms with Crippen molar-refractivity contribution < 1.29 is 5.11 Å². The third-order valence-corrected chi connectivity index (χ3v) is 4.54. The van der Waals surface area contributed by atoms with Gasteiger partial charge in [-0.05, 0) is 6.92 Å². The van der Waals surface area contributed by atoms with Gasteiger partial charge in [-0.25, -0.2) is 4.98 Å². The summed E-state index contributed by atoms with van der Waals surface area (Å²) in [5, 5.41) is 10.2. The maximum absolute atomic E-state index is 10.2. The molecule has 1 atom stereocenters. The van der Waals surface area contributed by atoms with E-state index >= 15 is 0 Å². The Hall–Kier alpha value is -3.17. The summed E-state index contributed by atoms with van der Waals surface area (Å²) in [5.41, 5.74) is 5.16. The highest BCUT2D eigenvalue weighted by atomic mass is 16.3. The Kier molecular flexibility index (Phi) is 4.86. The second kappa shape index (κ2) is 7.60. The van der Waals surface area contributed by atoms with E-state index in [1.54, 1.807) is 0 Å². The van der Waals surface area contributed by atoms with Gasteiger partial charge in [-0.1, -0.05) is 91.0 Å². The third-order valence-electron chi connectivity index (χ3n) is 4.54. The zero-order chi connectivity index (χ0) is 18.6. The molecule has 0 aliphatic rings. The lowest BCUT2D eigenvalue weighted by Crippen LogP contribution is -2.14. The predicted octanol–water partition coefficient (Wildman–Crippen LogP) is 5.26. The Morgan fingerprint density at radius 1 is 0.741 bits per heavy atom. The number of imidazole rings is 1. The molecule has 1 N–H and O–H groups in total. The number of benzene rings is 3. The first kappa shape index (κ1) is 17.3. The van der Waals surface area contributed by atoms with Crippen molar-refractivity contribution in [2.75, 3.05) is 0 Å². The molecular formula is C24H22N2O. The summed E-state index contributed by atoms with van der Waals surface area (Å²) < 4.78 is 2.14. The Labute approximate surface area is 159 Å². The van der Waals surface area contributed by atoms with Crippen LogP contribution in [0.15, 0.2) is 91.0 Å². The molecular weight excluding hydrogens is 332 g/mol. The Bertz CT molecular complexity index is 1010. The summed E-state index contributed by atoms with van der Waals surface area (Å²) in [5.74, 6) is 0.870. The van der Waals surface area contributed by atoms with Crippen LogP contribution in [0.4, 0.5) is 0 Å². The summed E-state index contributed by atoms with van der Waals surface area (Å²) in [6.07, 6.45) is -0.479. The largest absolute Gasteiger partial charge is 0.392 e. The molecule has 0 fully saturated rings. The first-order valence-corrected chi connectivity index (χ1v) is 9.19. The van der Waals surface area contributed by atoms with Crippen molar-refractivity contribution in [3.05, 3.63) is 91.0 Å². The average Bonchev–Trinajstić information content (AvgIpc) is 3.08. The SMILES string of the molecule is CC(O)Cn1c(-c2ccccc2)nc(-c2ccccc2)c1-c1ccccc1. The highest BCUT2D eigenvalue weighted by Crippen LogP contribution is 2.36. The van der Waals surface area contributed by atoms with Crippen molar-refractivity contribution in [3.8, 4) is 33.9 Å². The second-order valence-electron chi connectivity index (χ2n) is 6.69. The lowest BCUT2D eigenvalue weighted by Gasteiger charge is -2.15. The zero-order valence-electron chi connectivity index (χ0n) is 15.3. The molecule has 27 heavy (non-hydrogen) atoms. The highest BCUT2D eigenvalue weighted by Gasteiger charge is 2.21. The fraction of sp³-hybridized carbons (Fsp3) is 0.125. The standard InChI is InChI=1S/C24H22N2O/c1-18(27)17-26-23(20-13-7-3-8-14-20)22(19-11-5-2-6-12-19)25-24(26)21-15-9-4-10-16-21/h2-16,18,27H,17H2,1H3. The van der Waals surface area contributed by atoms with E-state index < -0.39 is 6.10 Å². The molecule has 0 spiro atoms. The summed E-state index contributed by atoms with van der Waals surface area (Å²) in [4.78, 5) is 5.03. The van der Waals surface area contributed by atoms with Crippen LogP contribution in [-0.2, 0) is 6.54 Å². The molecule has 0 aliphatic carbocycles. The van der Waals surface area contributed by atoms with Gasteiger partial charge in [-0.2, -0.15) is 0 Å². The van der Waals surface area contributed by atoms with Crippen molar-refractivity contribution in [1.29, 1.82) is 0 Å². The molecule has 134 valence electrons. The molecule has 4 aromatic rings. The van der Waals surface area contributed by atoms with Crippen LogP contribution in [0.2, 0.25) is 0 Å². The van der Waals surface area contributed by atoms with Crippen LogP contribution in [0.1, 0.15) is 6.92 Å². The maximum Gasteiger partial charge on any atom is 0.141 e. The highest BCUT2D eigenvalue weighted by molar-refractivity contribution is 5.82. The van der Waals surface area contributed by atoms with Gasteiger partial charge >= 0.3 is 0 Å². The molecule has 1 unspecified atom stereocenters. The Morgan fingerprint density at radius 2 is 1.22 bits per heavy atom. The molecule has 0 bridgehead atoms. The van der Waals surface area contributed by atoms with Crippen molar-refractivity contribution >= 4 is 0 Å². The lowest BCUT2D eigenvalue weighted by molar-refractivity contribution is 0.174.